The number of nitrogens with one attached hydrogen (secondary N) is 1. The molecule has 2 aromatic carbocycles. The van der Waals surface area contributed by atoms with E-state index in [0.717, 1.165) is 5.56 Å². The maximum Gasteiger partial charge on any atom is 0.466 e. The lowest BCUT2D eigenvalue weighted by atomic mass is 10.0. The van der Waals surface area contributed by atoms with E-state index >= 15 is 0 Å². The molecule has 0 bridgehead atoms. The summed E-state index contributed by atoms with van der Waals surface area (Å²) in [6, 6.07) is 15.7. The molecule has 6 N–H and O–H groups in total. The van der Waals surface area contributed by atoms with Crippen molar-refractivity contribution in [2.24, 2.45) is 5.92 Å². The van der Waals surface area contributed by atoms with Crippen LogP contribution in [0.2, 0.25) is 0 Å². The summed E-state index contributed by atoms with van der Waals surface area (Å²) in [4.78, 5) is 34.3. The van der Waals surface area contributed by atoms with Crippen molar-refractivity contribution in [3.8, 4) is 0 Å². The first kappa shape index (κ1) is 32.7. The van der Waals surface area contributed by atoms with Crippen LogP contribution in [0.3, 0.4) is 0 Å². The molecule has 1 aliphatic rings. The van der Waals surface area contributed by atoms with E-state index in [1.54, 1.807) is 12.1 Å². The summed E-state index contributed by atoms with van der Waals surface area (Å²) in [5, 5.41) is 2.95. The Kier molecular flexibility index (Phi) is 12.8. The second-order valence-electron chi connectivity index (χ2n) is 9.55. The minimum atomic E-state index is -4.64. The Bertz CT molecular complexity index is 1160. The molecule has 0 aromatic heterocycles. The number of phosphoric acid groups is 1. The zero-order valence-electron chi connectivity index (χ0n) is 22.0. The molecule has 218 valence electrons. The van der Waals surface area contributed by atoms with Gasteiger partial charge in [-0.2, -0.15) is 4.31 Å². The minimum absolute atomic E-state index is 0.136. The fourth-order valence-electron chi connectivity index (χ4n) is 3.89. The molecule has 1 heterocycles. The second kappa shape index (κ2) is 15.3. The summed E-state index contributed by atoms with van der Waals surface area (Å²) in [7, 11) is -8.35. The highest BCUT2D eigenvalue weighted by molar-refractivity contribution is 7.89. The van der Waals surface area contributed by atoms with Crippen LogP contribution in [-0.2, 0) is 30.5 Å². The van der Waals surface area contributed by atoms with Gasteiger partial charge >= 0.3 is 13.9 Å². The third kappa shape index (κ3) is 12.9. The van der Waals surface area contributed by atoms with Gasteiger partial charge in [0, 0.05) is 31.2 Å². The number of carbonyl (C=O) groups is 1. The number of benzene rings is 2. The van der Waals surface area contributed by atoms with Crippen molar-refractivity contribution in [2.45, 2.75) is 50.2 Å². The fourth-order valence-corrected chi connectivity index (χ4v) is 5.51. The van der Waals surface area contributed by atoms with Gasteiger partial charge < -0.3 is 35.2 Å². The summed E-state index contributed by atoms with van der Waals surface area (Å²) >= 11 is 0. The smallest absolute Gasteiger partial charge is 0.444 e. The Labute approximate surface area is 229 Å². The van der Waals surface area contributed by atoms with Gasteiger partial charge in [0.05, 0.1) is 18.1 Å². The lowest BCUT2D eigenvalue weighted by Crippen LogP contribution is -2.42. The predicted molar refractivity (Wildman–Crippen MR) is 146 cm³/mol. The molecule has 0 spiro atoms. The number of anilines is 1. The Morgan fingerprint density at radius 2 is 1.77 bits per heavy atom. The van der Waals surface area contributed by atoms with E-state index in [0.29, 0.717) is 44.7 Å². The average molecular weight is 588 g/mol. The van der Waals surface area contributed by atoms with Crippen molar-refractivity contribution in [3.05, 3.63) is 60.2 Å². The van der Waals surface area contributed by atoms with Crippen molar-refractivity contribution in [1.29, 1.82) is 0 Å². The Hall–Kier alpha value is -2.51. The minimum Gasteiger partial charge on any atom is -0.444 e. The summed E-state index contributed by atoms with van der Waals surface area (Å²) in [6.45, 7) is 5.57. The number of nitrogens with zero attached hydrogens (tertiary/aromatic N) is 1. The molecule has 0 saturated carbocycles. The first-order chi connectivity index (χ1) is 18.2. The van der Waals surface area contributed by atoms with Crippen LogP contribution in [0.25, 0.3) is 0 Å². The van der Waals surface area contributed by atoms with Gasteiger partial charge in [0.15, 0.2) is 0 Å². The van der Waals surface area contributed by atoms with Crippen LogP contribution < -0.4 is 11.1 Å². The van der Waals surface area contributed by atoms with Crippen LogP contribution in [0, 0.1) is 5.92 Å². The molecular weight excluding hydrogens is 549 g/mol. The monoisotopic (exact) mass is 587 g/mol. The van der Waals surface area contributed by atoms with Gasteiger partial charge in [-0.25, -0.2) is 17.8 Å². The molecular formula is C25H38N3O9PS. The van der Waals surface area contributed by atoms with Crippen molar-refractivity contribution < 1.29 is 41.9 Å². The number of carbonyl (C=O) groups excluding carboxylic acids is 1. The lowest BCUT2D eigenvalue weighted by molar-refractivity contribution is 0.0803. The SMILES string of the molecule is CC(C)CN(CCC(Cc1ccccc1)NC(=O)OC1CCOC1)S(=O)(=O)c1ccc(N)cc1.O=P(O)(O)O. The van der Waals surface area contributed by atoms with Gasteiger partial charge in [0.25, 0.3) is 0 Å². The molecule has 2 aromatic rings. The Balaban J connectivity index is 0.000000976. The summed E-state index contributed by atoms with van der Waals surface area (Å²) < 4.78 is 47.8. The summed E-state index contributed by atoms with van der Waals surface area (Å²) in [5.41, 5.74) is 7.29. The number of rotatable bonds is 11. The third-order valence-corrected chi connectivity index (χ3v) is 7.50. The highest BCUT2D eigenvalue weighted by Crippen LogP contribution is 2.26. The second-order valence-corrected chi connectivity index (χ2v) is 12.5. The van der Waals surface area contributed by atoms with Crippen LogP contribution in [0.15, 0.2) is 59.5 Å². The van der Waals surface area contributed by atoms with Gasteiger partial charge in [0.1, 0.15) is 6.10 Å². The first-order valence-electron chi connectivity index (χ1n) is 12.5. The maximum absolute atomic E-state index is 13.4. The van der Waals surface area contributed by atoms with Gasteiger partial charge in [-0.15, -0.1) is 0 Å². The van der Waals surface area contributed by atoms with Crippen LogP contribution in [0.1, 0.15) is 32.3 Å². The maximum atomic E-state index is 13.4. The molecule has 1 amide bonds. The number of amides is 1. The molecule has 1 saturated heterocycles. The first-order valence-corrected chi connectivity index (χ1v) is 15.5. The van der Waals surface area contributed by atoms with Crippen molar-refractivity contribution in [2.75, 3.05) is 32.0 Å². The molecule has 14 heteroatoms. The number of alkyl carbamates (subject to hydrolysis) is 1. The third-order valence-electron chi connectivity index (χ3n) is 5.62. The van der Waals surface area contributed by atoms with Gasteiger partial charge in [-0.1, -0.05) is 44.2 Å². The van der Waals surface area contributed by atoms with E-state index in [4.69, 9.17) is 34.5 Å². The molecule has 39 heavy (non-hydrogen) atoms. The van der Waals surface area contributed by atoms with E-state index in [1.807, 2.05) is 44.2 Å². The van der Waals surface area contributed by atoms with E-state index in [-0.39, 0.29) is 29.5 Å². The molecule has 2 atom stereocenters. The molecule has 1 aliphatic heterocycles. The number of hydrogen-bond acceptors (Lipinski definition) is 7. The lowest BCUT2D eigenvalue weighted by Gasteiger charge is -2.27. The van der Waals surface area contributed by atoms with Gasteiger partial charge in [-0.3, -0.25) is 0 Å². The van der Waals surface area contributed by atoms with Crippen LogP contribution in [0.4, 0.5) is 10.5 Å². The zero-order chi connectivity index (χ0) is 29.1. The van der Waals surface area contributed by atoms with Crippen LogP contribution in [0.5, 0.6) is 0 Å². The van der Waals surface area contributed by atoms with Crippen molar-refractivity contribution in [3.63, 3.8) is 0 Å². The Morgan fingerprint density at radius 1 is 1.15 bits per heavy atom. The highest BCUT2D eigenvalue weighted by atomic mass is 32.2. The van der Waals surface area contributed by atoms with Crippen molar-refractivity contribution >= 4 is 29.6 Å². The number of hydrogen-bond donors (Lipinski definition) is 5. The quantitative estimate of drug-likeness (QED) is 0.193. The van der Waals surface area contributed by atoms with Crippen LogP contribution >= 0.6 is 7.82 Å². The number of sulfonamides is 1. The fraction of sp³-hybridized carbons (Fsp3) is 0.480. The number of ether oxygens (including phenoxy) is 2. The van der Waals surface area contributed by atoms with E-state index < -0.39 is 23.9 Å². The molecule has 0 radical (unpaired) electrons. The van der Waals surface area contributed by atoms with Crippen LogP contribution in [-0.4, -0.2) is 71.9 Å². The average Bonchev–Trinajstić information content (AvgIpc) is 3.34. The highest BCUT2D eigenvalue weighted by Gasteiger charge is 2.27. The molecule has 12 nitrogen and oxygen atoms in total. The predicted octanol–water partition coefficient (Wildman–Crippen LogP) is 2.50. The van der Waals surface area contributed by atoms with E-state index in [2.05, 4.69) is 5.32 Å². The summed E-state index contributed by atoms with van der Waals surface area (Å²) in [5.74, 6) is 0.136. The number of nitrogens with two attached hydrogens (primary N) is 1. The zero-order valence-corrected chi connectivity index (χ0v) is 23.8. The molecule has 1 fully saturated rings. The van der Waals surface area contributed by atoms with E-state index in [9.17, 15) is 13.2 Å². The standard InChI is InChI=1S/C25H35N3O5S.H3O4P/c1-19(2)17-28(34(30,31)24-10-8-21(26)9-11-24)14-12-22(16-20-6-4-3-5-7-20)27-25(29)33-23-13-15-32-18-23;1-5(2,3)4/h3-11,19,22-23H,12-18,26H2,1-2H3,(H,27,29);(H3,1,2,3,4). The molecule has 3 rings (SSSR count). The normalized spacial score (nSPS) is 16.4. The summed E-state index contributed by atoms with van der Waals surface area (Å²) in [6.07, 6.45) is 0.924. The topological polar surface area (TPSA) is 189 Å². The molecule has 2 unspecified atom stereocenters. The Morgan fingerprint density at radius 3 is 2.31 bits per heavy atom. The number of nitrogen functional groups attached to an aromatic ring is 1. The molecule has 0 aliphatic carbocycles. The van der Waals surface area contributed by atoms with Crippen molar-refractivity contribution in [1.82, 2.24) is 9.62 Å². The largest absolute Gasteiger partial charge is 0.466 e. The van der Waals surface area contributed by atoms with Gasteiger partial charge in [0.2, 0.25) is 10.0 Å². The van der Waals surface area contributed by atoms with Gasteiger partial charge in [-0.05, 0) is 48.6 Å². The van der Waals surface area contributed by atoms with E-state index in [1.165, 1.54) is 16.4 Å².